The summed E-state index contributed by atoms with van der Waals surface area (Å²) < 4.78 is 13.5. The number of halogens is 4. The van der Waals surface area contributed by atoms with E-state index >= 15 is 0 Å². The van der Waals surface area contributed by atoms with Gasteiger partial charge < -0.3 is 0 Å². The fourth-order valence-corrected chi connectivity index (χ4v) is 1.86. The van der Waals surface area contributed by atoms with E-state index in [2.05, 4.69) is 4.98 Å². The highest BCUT2D eigenvalue weighted by molar-refractivity contribution is 6.35. The highest BCUT2D eigenvalue weighted by atomic mass is 35.5. The molecular weight excluding hydrogens is 271 g/mol. The molecule has 1 heterocycles. The zero-order valence-corrected chi connectivity index (χ0v) is 10.1. The van der Waals surface area contributed by atoms with Gasteiger partial charge in [0.15, 0.2) is 0 Å². The van der Waals surface area contributed by atoms with Crippen LogP contribution >= 0.6 is 34.8 Å². The second-order valence-corrected chi connectivity index (χ2v) is 4.40. The third kappa shape index (κ3) is 2.29. The van der Waals surface area contributed by atoms with Gasteiger partial charge in [0.2, 0.25) is 5.95 Å². The Morgan fingerprint density at radius 1 is 0.938 bits per heavy atom. The molecule has 1 nitrogen and oxygen atoms in total. The third-order valence-corrected chi connectivity index (χ3v) is 2.80. The Hall–Kier alpha value is -0.830. The van der Waals surface area contributed by atoms with Gasteiger partial charge in [-0.2, -0.15) is 4.39 Å². The van der Waals surface area contributed by atoms with Crippen molar-refractivity contribution in [2.24, 2.45) is 0 Å². The predicted molar refractivity (Wildman–Crippen MR) is 64.7 cm³/mol. The first-order valence-electron chi connectivity index (χ1n) is 4.34. The van der Waals surface area contributed by atoms with E-state index in [-0.39, 0.29) is 5.56 Å². The van der Waals surface area contributed by atoms with E-state index < -0.39 is 5.95 Å². The quantitative estimate of drug-likeness (QED) is 0.679. The van der Waals surface area contributed by atoms with E-state index in [4.69, 9.17) is 34.8 Å². The Bertz CT molecular complexity index is 493. The second-order valence-electron chi connectivity index (χ2n) is 3.12. The first-order chi connectivity index (χ1) is 7.58. The highest BCUT2D eigenvalue weighted by Crippen LogP contribution is 2.32. The van der Waals surface area contributed by atoms with E-state index in [0.29, 0.717) is 20.6 Å². The Morgan fingerprint density at radius 2 is 1.62 bits per heavy atom. The lowest BCUT2D eigenvalue weighted by atomic mass is 10.1. The predicted octanol–water partition coefficient (Wildman–Crippen LogP) is 4.85. The molecule has 2 rings (SSSR count). The first kappa shape index (κ1) is 11.6. The lowest BCUT2D eigenvalue weighted by Crippen LogP contribution is -1.89. The van der Waals surface area contributed by atoms with Gasteiger partial charge in [0, 0.05) is 27.4 Å². The maximum Gasteiger partial charge on any atom is 0.220 e. The minimum atomic E-state index is -0.631. The van der Waals surface area contributed by atoms with Crippen molar-refractivity contribution in [2.75, 3.05) is 0 Å². The third-order valence-electron chi connectivity index (χ3n) is 2.02. The molecule has 1 aromatic heterocycles. The Balaban J connectivity index is 2.66. The molecular formula is C11H5Cl3FN. The first-order valence-corrected chi connectivity index (χ1v) is 5.48. The van der Waals surface area contributed by atoms with E-state index in [9.17, 15) is 4.39 Å². The molecule has 0 bridgehead atoms. The van der Waals surface area contributed by atoms with E-state index in [1.54, 1.807) is 18.2 Å². The van der Waals surface area contributed by atoms with Crippen LogP contribution < -0.4 is 0 Å². The van der Waals surface area contributed by atoms with Gasteiger partial charge in [-0.25, -0.2) is 4.98 Å². The summed E-state index contributed by atoms with van der Waals surface area (Å²) in [5.41, 5.74) is 0.710. The molecule has 0 saturated heterocycles. The van der Waals surface area contributed by atoms with Crippen LogP contribution in [0.5, 0.6) is 0 Å². The van der Waals surface area contributed by atoms with Crippen LogP contribution in [0.4, 0.5) is 4.39 Å². The fraction of sp³-hybridized carbons (Fsp3) is 0. The van der Waals surface area contributed by atoms with Crippen molar-refractivity contribution in [1.82, 2.24) is 4.98 Å². The highest BCUT2D eigenvalue weighted by Gasteiger charge is 2.11. The van der Waals surface area contributed by atoms with Gasteiger partial charge in [0.1, 0.15) is 0 Å². The van der Waals surface area contributed by atoms with Crippen LogP contribution in [-0.4, -0.2) is 4.98 Å². The minimum absolute atomic E-state index is 0.236. The molecule has 0 atom stereocenters. The van der Waals surface area contributed by atoms with Crippen molar-refractivity contribution in [3.8, 4) is 11.1 Å². The molecule has 0 aliphatic rings. The molecule has 2 aromatic rings. The Kier molecular flexibility index (Phi) is 3.33. The monoisotopic (exact) mass is 275 g/mol. The van der Waals surface area contributed by atoms with E-state index in [1.165, 1.54) is 12.3 Å². The Morgan fingerprint density at radius 3 is 2.38 bits per heavy atom. The average molecular weight is 277 g/mol. The number of benzene rings is 1. The molecule has 0 N–H and O–H groups in total. The lowest BCUT2D eigenvalue weighted by Gasteiger charge is -2.06. The van der Waals surface area contributed by atoms with Crippen LogP contribution in [0, 0.1) is 5.95 Å². The summed E-state index contributed by atoms with van der Waals surface area (Å²) in [5.74, 6) is -0.631. The van der Waals surface area contributed by atoms with Gasteiger partial charge in [-0.05, 0) is 24.3 Å². The number of aromatic nitrogens is 1. The topological polar surface area (TPSA) is 12.9 Å². The van der Waals surface area contributed by atoms with Crippen molar-refractivity contribution in [3.63, 3.8) is 0 Å². The molecule has 0 spiro atoms. The van der Waals surface area contributed by atoms with Gasteiger partial charge in [0.25, 0.3) is 0 Å². The molecule has 82 valence electrons. The van der Waals surface area contributed by atoms with Gasteiger partial charge in [-0.15, -0.1) is 0 Å². The molecule has 1 aromatic carbocycles. The summed E-state index contributed by atoms with van der Waals surface area (Å²) >= 11 is 17.5. The smallest absolute Gasteiger partial charge is 0.220 e. The van der Waals surface area contributed by atoms with Crippen molar-refractivity contribution in [3.05, 3.63) is 51.5 Å². The normalized spacial score (nSPS) is 10.5. The molecule has 0 amide bonds. The largest absolute Gasteiger partial charge is 0.226 e. The van der Waals surface area contributed by atoms with Crippen LogP contribution in [0.1, 0.15) is 0 Å². The van der Waals surface area contributed by atoms with Crippen LogP contribution in [0.15, 0.2) is 30.5 Å². The molecule has 5 heteroatoms. The van der Waals surface area contributed by atoms with Crippen molar-refractivity contribution < 1.29 is 4.39 Å². The number of hydrogen-bond acceptors (Lipinski definition) is 1. The van der Waals surface area contributed by atoms with Crippen LogP contribution in [0.3, 0.4) is 0 Å². The summed E-state index contributed by atoms with van der Waals surface area (Å²) in [6.45, 7) is 0. The standard InChI is InChI=1S/C11H5Cl3FN/c12-6-1-2-10(14)8(3-6)9-4-7(13)5-16-11(9)15/h1-5H. The molecule has 0 saturated carbocycles. The number of pyridine rings is 1. The maximum absolute atomic E-state index is 13.5. The van der Waals surface area contributed by atoms with Gasteiger partial charge >= 0.3 is 0 Å². The van der Waals surface area contributed by atoms with Crippen molar-refractivity contribution >= 4 is 34.8 Å². The van der Waals surface area contributed by atoms with Gasteiger partial charge in [0.05, 0.1) is 5.02 Å². The summed E-state index contributed by atoms with van der Waals surface area (Å²) in [4.78, 5) is 3.53. The van der Waals surface area contributed by atoms with Crippen LogP contribution in [0.25, 0.3) is 11.1 Å². The van der Waals surface area contributed by atoms with Crippen LogP contribution in [0.2, 0.25) is 15.1 Å². The van der Waals surface area contributed by atoms with Gasteiger partial charge in [-0.3, -0.25) is 0 Å². The summed E-state index contributed by atoms with van der Waals surface area (Å²) in [5, 5.41) is 1.21. The van der Waals surface area contributed by atoms with Crippen LogP contribution in [-0.2, 0) is 0 Å². The number of nitrogens with zero attached hydrogens (tertiary/aromatic N) is 1. The molecule has 0 aliphatic heterocycles. The van der Waals surface area contributed by atoms with E-state index in [0.717, 1.165) is 0 Å². The van der Waals surface area contributed by atoms with Gasteiger partial charge in [-0.1, -0.05) is 34.8 Å². The van der Waals surface area contributed by atoms with Crippen molar-refractivity contribution in [2.45, 2.75) is 0 Å². The molecule has 0 unspecified atom stereocenters. The summed E-state index contributed by atoms with van der Waals surface area (Å²) in [6, 6.07) is 6.25. The second kappa shape index (κ2) is 4.58. The van der Waals surface area contributed by atoms with Crippen molar-refractivity contribution in [1.29, 1.82) is 0 Å². The minimum Gasteiger partial charge on any atom is -0.226 e. The molecule has 16 heavy (non-hydrogen) atoms. The number of rotatable bonds is 1. The zero-order chi connectivity index (χ0) is 11.7. The molecule has 0 aliphatic carbocycles. The Labute approximate surface area is 107 Å². The summed E-state index contributed by atoms with van der Waals surface area (Å²) in [7, 11) is 0. The summed E-state index contributed by atoms with van der Waals surface area (Å²) in [6.07, 6.45) is 1.23. The number of hydrogen-bond donors (Lipinski definition) is 0. The molecule has 0 fully saturated rings. The van der Waals surface area contributed by atoms with E-state index in [1.807, 2.05) is 0 Å². The zero-order valence-electron chi connectivity index (χ0n) is 7.85. The lowest BCUT2D eigenvalue weighted by molar-refractivity contribution is 0.587. The SMILES string of the molecule is Fc1ncc(Cl)cc1-c1cc(Cl)ccc1Cl. The average Bonchev–Trinajstić information content (AvgIpc) is 2.25. The molecule has 0 radical (unpaired) electrons. The maximum atomic E-state index is 13.5. The fourth-order valence-electron chi connectivity index (χ4n) is 1.32.